The summed E-state index contributed by atoms with van der Waals surface area (Å²) in [6, 6.07) is 4.24. The average Bonchev–Trinajstić information content (AvgIpc) is 2.86. The highest BCUT2D eigenvalue weighted by atomic mass is 16.2. The maximum absolute atomic E-state index is 11.6. The van der Waals surface area contributed by atoms with Crippen molar-refractivity contribution in [1.82, 2.24) is 20.1 Å². The number of hydrogen-bond acceptors (Lipinski definition) is 2. The number of H-pyrrole nitrogens is 1. The molecule has 0 aliphatic carbocycles. The van der Waals surface area contributed by atoms with Crippen LogP contribution >= 0.6 is 0 Å². The molecule has 1 aromatic rings. The molecule has 2 N–H and O–H groups in total. The topological polar surface area (TPSA) is 63.7 Å². The van der Waals surface area contributed by atoms with Crippen LogP contribution < -0.4 is 5.32 Å². The first kappa shape index (κ1) is 16.1. The molecule has 0 saturated carbocycles. The van der Waals surface area contributed by atoms with Crippen molar-refractivity contribution in [2.75, 3.05) is 27.7 Å². The monoisotopic (exact) mass is 279 g/mol. The third kappa shape index (κ3) is 5.34. The van der Waals surface area contributed by atoms with Gasteiger partial charge in [-0.05, 0) is 26.0 Å². The Balaban J connectivity index is 2.71. The maximum atomic E-state index is 11.6. The molecule has 0 bridgehead atoms. The molecule has 0 aliphatic rings. The summed E-state index contributed by atoms with van der Waals surface area (Å²) < 4.78 is 0. The number of nitrogens with one attached hydrogen (secondary N) is 2. The smallest absolute Gasteiger partial charge is 0.243 e. The standard InChI is InChI=1S/C14H25N5O/c1-11(2)17-14(16-9-13(20)18(3)4)19(5)10-12-7-6-8-15-12/h6-8,11,15H,9-10H2,1-5H3,(H,16,17). The van der Waals surface area contributed by atoms with Gasteiger partial charge in [0.2, 0.25) is 5.91 Å². The van der Waals surface area contributed by atoms with Gasteiger partial charge in [0.1, 0.15) is 6.54 Å². The summed E-state index contributed by atoms with van der Waals surface area (Å²) in [7, 11) is 5.42. The summed E-state index contributed by atoms with van der Waals surface area (Å²) in [6.07, 6.45) is 1.89. The number of carbonyl (C=O) groups is 1. The van der Waals surface area contributed by atoms with Gasteiger partial charge >= 0.3 is 0 Å². The molecule has 20 heavy (non-hydrogen) atoms. The Labute approximate surface area is 120 Å². The largest absolute Gasteiger partial charge is 0.364 e. The fraction of sp³-hybridized carbons (Fsp3) is 0.571. The second-order valence-electron chi connectivity index (χ2n) is 5.28. The Kier molecular flexibility index (Phi) is 6.09. The van der Waals surface area contributed by atoms with Crippen LogP contribution in [0.3, 0.4) is 0 Å². The van der Waals surface area contributed by atoms with E-state index < -0.39 is 0 Å². The van der Waals surface area contributed by atoms with Crippen LogP contribution in [0.25, 0.3) is 0 Å². The van der Waals surface area contributed by atoms with Crippen LogP contribution in [0.4, 0.5) is 0 Å². The Morgan fingerprint density at radius 2 is 2.10 bits per heavy atom. The van der Waals surface area contributed by atoms with Crippen molar-refractivity contribution in [3.8, 4) is 0 Å². The summed E-state index contributed by atoms with van der Waals surface area (Å²) in [5, 5.41) is 3.28. The Morgan fingerprint density at radius 1 is 1.40 bits per heavy atom. The van der Waals surface area contributed by atoms with Gasteiger partial charge in [-0.3, -0.25) is 4.79 Å². The lowest BCUT2D eigenvalue weighted by atomic mass is 10.4. The van der Waals surface area contributed by atoms with E-state index in [-0.39, 0.29) is 18.5 Å². The van der Waals surface area contributed by atoms with E-state index in [0.29, 0.717) is 6.54 Å². The normalized spacial score (nSPS) is 11.6. The van der Waals surface area contributed by atoms with E-state index in [1.54, 1.807) is 19.0 Å². The number of amides is 1. The number of hydrogen-bond donors (Lipinski definition) is 2. The number of carbonyl (C=O) groups excluding carboxylic acids is 1. The number of rotatable bonds is 5. The summed E-state index contributed by atoms with van der Waals surface area (Å²) in [4.78, 5) is 22.7. The van der Waals surface area contributed by atoms with Gasteiger partial charge in [-0.15, -0.1) is 0 Å². The highest BCUT2D eigenvalue weighted by molar-refractivity contribution is 5.84. The first-order valence-corrected chi connectivity index (χ1v) is 6.74. The summed E-state index contributed by atoms with van der Waals surface area (Å²) in [6.45, 7) is 4.95. The number of nitrogens with zero attached hydrogens (tertiary/aromatic N) is 3. The lowest BCUT2D eigenvalue weighted by molar-refractivity contribution is -0.127. The zero-order valence-electron chi connectivity index (χ0n) is 13.0. The van der Waals surface area contributed by atoms with Gasteiger partial charge in [0, 0.05) is 39.1 Å². The first-order valence-electron chi connectivity index (χ1n) is 6.74. The summed E-state index contributed by atoms with van der Waals surface area (Å²) >= 11 is 0. The van der Waals surface area contributed by atoms with Crippen molar-refractivity contribution in [3.05, 3.63) is 24.0 Å². The molecule has 0 radical (unpaired) electrons. The third-order valence-corrected chi connectivity index (χ3v) is 2.71. The van der Waals surface area contributed by atoms with E-state index in [2.05, 4.69) is 15.3 Å². The zero-order valence-corrected chi connectivity index (χ0v) is 13.0. The fourth-order valence-corrected chi connectivity index (χ4v) is 1.61. The van der Waals surface area contributed by atoms with E-state index in [1.165, 1.54) is 0 Å². The first-order chi connectivity index (χ1) is 9.40. The zero-order chi connectivity index (χ0) is 15.1. The van der Waals surface area contributed by atoms with Gasteiger partial charge in [0.15, 0.2) is 5.96 Å². The molecule has 0 atom stereocenters. The van der Waals surface area contributed by atoms with Gasteiger partial charge < -0.3 is 20.1 Å². The molecule has 0 aliphatic heterocycles. The molecule has 0 fully saturated rings. The summed E-state index contributed by atoms with van der Waals surface area (Å²) in [5.74, 6) is 0.714. The van der Waals surface area contributed by atoms with Crippen LogP contribution in [0, 0.1) is 0 Å². The molecular weight excluding hydrogens is 254 g/mol. The minimum atomic E-state index is -0.0127. The molecule has 0 spiro atoms. The Morgan fingerprint density at radius 3 is 2.60 bits per heavy atom. The van der Waals surface area contributed by atoms with Crippen molar-refractivity contribution in [3.63, 3.8) is 0 Å². The average molecular weight is 279 g/mol. The molecule has 1 rings (SSSR count). The fourth-order valence-electron chi connectivity index (χ4n) is 1.61. The number of aromatic amines is 1. The maximum Gasteiger partial charge on any atom is 0.243 e. The SMILES string of the molecule is CC(C)NC(=NCC(=O)N(C)C)N(C)Cc1ccc[nH]1. The highest BCUT2D eigenvalue weighted by Crippen LogP contribution is 2.00. The van der Waals surface area contributed by atoms with E-state index in [0.717, 1.165) is 11.7 Å². The van der Waals surface area contributed by atoms with Crippen LogP contribution in [0.15, 0.2) is 23.3 Å². The molecule has 6 heteroatoms. The van der Waals surface area contributed by atoms with Crippen molar-refractivity contribution in [2.24, 2.45) is 4.99 Å². The van der Waals surface area contributed by atoms with Gasteiger partial charge in [-0.1, -0.05) is 0 Å². The van der Waals surface area contributed by atoms with Crippen LogP contribution in [0.1, 0.15) is 19.5 Å². The van der Waals surface area contributed by atoms with Crippen molar-refractivity contribution >= 4 is 11.9 Å². The van der Waals surface area contributed by atoms with Crippen LogP contribution in [0.5, 0.6) is 0 Å². The predicted octanol–water partition coefficient (Wildman–Crippen LogP) is 0.889. The van der Waals surface area contributed by atoms with Gasteiger partial charge in [0.25, 0.3) is 0 Å². The van der Waals surface area contributed by atoms with Crippen LogP contribution in [-0.4, -0.2) is 60.4 Å². The lowest BCUT2D eigenvalue weighted by Gasteiger charge is -2.24. The highest BCUT2D eigenvalue weighted by Gasteiger charge is 2.10. The molecule has 0 unspecified atom stereocenters. The number of likely N-dealkylation sites (N-methyl/N-ethyl adjacent to an activating group) is 1. The van der Waals surface area contributed by atoms with Crippen LogP contribution in [0.2, 0.25) is 0 Å². The van der Waals surface area contributed by atoms with Crippen molar-refractivity contribution in [1.29, 1.82) is 0 Å². The van der Waals surface area contributed by atoms with Gasteiger partial charge in [-0.25, -0.2) is 4.99 Å². The summed E-state index contributed by atoms with van der Waals surface area (Å²) in [5.41, 5.74) is 1.10. The second kappa shape index (κ2) is 7.57. The molecule has 112 valence electrons. The molecule has 6 nitrogen and oxygen atoms in total. The van der Waals surface area contributed by atoms with Crippen molar-refractivity contribution < 1.29 is 4.79 Å². The van der Waals surface area contributed by atoms with Gasteiger partial charge in [0.05, 0.1) is 6.54 Å². The van der Waals surface area contributed by atoms with E-state index in [1.807, 2.05) is 44.1 Å². The number of guanidine groups is 1. The molecular formula is C14H25N5O. The molecule has 1 heterocycles. The predicted molar refractivity (Wildman–Crippen MR) is 81.5 cm³/mol. The van der Waals surface area contributed by atoms with Gasteiger partial charge in [-0.2, -0.15) is 0 Å². The van der Waals surface area contributed by atoms with E-state index in [9.17, 15) is 4.79 Å². The van der Waals surface area contributed by atoms with Crippen LogP contribution in [-0.2, 0) is 11.3 Å². The molecule has 0 aromatic carbocycles. The van der Waals surface area contributed by atoms with E-state index >= 15 is 0 Å². The minimum Gasteiger partial charge on any atom is -0.364 e. The van der Waals surface area contributed by atoms with Crippen molar-refractivity contribution in [2.45, 2.75) is 26.4 Å². The minimum absolute atomic E-state index is 0.0127. The number of aromatic nitrogens is 1. The van der Waals surface area contributed by atoms with E-state index in [4.69, 9.17) is 0 Å². The number of aliphatic imine (C=N–C) groups is 1. The quantitative estimate of drug-likeness (QED) is 0.621. The lowest BCUT2D eigenvalue weighted by Crippen LogP contribution is -2.42. The Hall–Kier alpha value is -1.98. The Bertz CT molecular complexity index is 436. The second-order valence-corrected chi connectivity index (χ2v) is 5.28. The molecule has 0 saturated heterocycles. The molecule has 1 aromatic heterocycles. The third-order valence-electron chi connectivity index (χ3n) is 2.71. The molecule has 1 amide bonds.